The summed E-state index contributed by atoms with van der Waals surface area (Å²) < 4.78 is 6.75. The number of furan rings is 1. The number of rotatable bonds is 4. The van der Waals surface area contributed by atoms with Crippen molar-refractivity contribution in [2.45, 2.75) is 26.4 Å². The Bertz CT molecular complexity index is 791. The maximum absolute atomic E-state index is 12.0. The lowest BCUT2D eigenvalue weighted by molar-refractivity contribution is 0.235. The molecule has 2 aromatic heterocycles. The Hall–Kier alpha value is -2.27. The van der Waals surface area contributed by atoms with Crippen LogP contribution >= 0.6 is 11.3 Å². The van der Waals surface area contributed by atoms with Crippen LogP contribution in [-0.2, 0) is 6.54 Å². The predicted octanol–water partition coefficient (Wildman–Crippen LogP) is 4.36. The van der Waals surface area contributed by atoms with Gasteiger partial charge in [-0.1, -0.05) is 18.2 Å². The van der Waals surface area contributed by atoms with Crippen LogP contribution in [-0.4, -0.2) is 6.03 Å². The first kappa shape index (κ1) is 14.7. The van der Waals surface area contributed by atoms with Gasteiger partial charge in [0.25, 0.3) is 0 Å². The number of carbonyl (C=O) groups excluding carboxylic acids is 1. The van der Waals surface area contributed by atoms with E-state index in [0.717, 1.165) is 17.1 Å². The molecule has 4 nitrogen and oxygen atoms in total. The second-order valence-electron chi connectivity index (χ2n) is 5.25. The third-order valence-electron chi connectivity index (χ3n) is 3.54. The summed E-state index contributed by atoms with van der Waals surface area (Å²) in [5.74, 6) is 1.60. The van der Waals surface area contributed by atoms with Crippen LogP contribution in [0.4, 0.5) is 4.79 Å². The van der Waals surface area contributed by atoms with Gasteiger partial charge in [0, 0.05) is 11.2 Å². The molecule has 0 radical (unpaired) electrons. The van der Waals surface area contributed by atoms with Gasteiger partial charge in [-0.05, 0) is 48.4 Å². The molecule has 3 aromatic rings. The molecule has 22 heavy (non-hydrogen) atoms. The fraction of sp³-hybridized carbons (Fsp3) is 0.235. The molecular weight excluding hydrogens is 296 g/mol. The number of urea groups is 1. The number of benzene rings is 1. The minimum atomic E-state index is -0.197. The normalized spacial score (nSPS) is 12.3. The molecule has 3 rings (SSSR count). The first-order valence-electron chi connectivity index (χ1n) is 7.19. The first-order valence-corrected chi connectivity index (χ1v) is 8.07. The number of carbonyl (C=O) groups is 1. The van der Waals surface area contributed by atoms with E-state index in [9.17, 15) is 4.79 Å². The van der Waals surface area contributed by atoms with E-state index in [1.165, 1.54) is 10.1 Å². The fourth-order valence-corrected chi connectivity index (χ4v) is 3.31. The van der Waals surface area contributed by atoms with E-state index in [2.05, 4.69) is 28.1 Å². The third-order valence-corrected chi connectivity index (χ3v) is 4.55. The highest BCUT2D eigenvalue weighted by Crippen LogP contribution is 2.25. The zero-order valence-corrected chi connectivity index (χ0v) is 13.4. The van der Waals surface area contributed by atoms with Gasteiger partial charge < -0.3 is 15.1 Å². The molecule has 1 atom stereocenters. The van der Waals surface area contributed by atoms with Crippen molar-refractivity contribution < 1.29 is 9.21 Å². The van der Waals surface area contributed by atoms with E-state index in [-0.39, 0.29) is 12.1 Å². The predicted molar refractivity (Wildman–Crippen MR) is 89.1 cm³/mol. The smallest absolute Gasteiger partial charge is 0.315 e. The number of hydrogen-bond acceptors (Lipinski definition) is 3. The van der Waals surface area contributed by atoms with Crippen LogP contribution in [0.3, 0.4) is 0 Å². The van der Waals surface area contributed by atoms with Gasteiger partial charge in [-0.25, -0.2) is 4.79 Å². The topological polar surface area (TPSA) is 54.3 Å². The number of aryl methyl sites for hydroxylation is 1. The second-order valence-corrected chi connectivity index (χ2v) is 6.17. The average Bonchev–Trinajstić information content (AvgIpc) is 3.11. The quantitative estimate of drug-likeness (QED) is 0.751. The standard InChI is InChI=1S/C17H18N2O2S/c1-11-7-8-15(21-11)12(2)19-17(20)18-9-13-10-22-16-6-4-3-5-14(13)16/h3-8,10,12H,9H2,1-2H3,(H2,18,19,20). The summed E-state index contributed by atoms with van der Waals surface area (Å²) in [6.45, 7) is 4.30. The van der Waals surface area contributed by atoms with Crippen molar-refractivity contribution in [3.05, 3.63) is 58.9 Å². The molecule has 2 amide bonds. The maximum atomic E-state index is 12.0. The molecule has 0 spiro atoms. The molecule has 0 aliphatic rings. The lowest BCUT2D eigenvalue weighted by Gasteiger charge is -2.12. The maximum Gasteiger partial charge on any atom is 0.315 e. The van der Waals surface area contributed by atoms with Crippen molar-refractivity contribution in [3.8, 4) is 0 Å². The Morgan fingerprint density at radius 3 is 2.86 bits per heavy atom. The molecule has 2 heterocycles. The summed E-state index contributed by atoms with van der Waals surface area (Å²) in [5.41, 5.74) is 1.14. The zero-order valence-electron chi connectivity index (χ0n) is 12.6. The highest BCUT2D eigenvalue weighted by Gasteiger charge is 2.13. The Morgan fingerprint density at radius 2 is 2.09 bits per heavy atom. The Kier molecular flexibility index (Phi) is 4.15. The van der Waals surface area contributed by atoms with E-state index >= 15 is 0 Å². The lowest BCUT2D eigenvalue weighted by Crippen LogP contribution is -2.36. The van der Waals surface area contributed by atoms with Crippen LogP contribution in [0.5, 0.6) is 0 Å². The molecule has 1 aromatic carbocycles. The summed E-state index contributed by atoms with van der Waals surface area (Å²) in [5, 5.41) is 9.06. The molecule has 0 bridgehead atoms. The third kappa shape index (κ3) is 3.14. The van der Waals surface area contributed by atoms with Crippen molar-refractivity contribution in [3.63, 3.8) is 0 Å². The van der Waals surface area contributed by atoms with Gasteiger partial charge in [0.2, 0.25) is 0 Å². The van der Waals surface area contributed by atoms with Crippen molar-refractivity contribution in [2.24, 2.45) is 0 Å². The Labute approximate surface area is 133 Å². The summed E-state index contributed by atoms with van der Waals surface area (Å²) in [6, 6.07) is 11.6. The average molecular weight is 314 g/mol. The van der Waals surface area contributed by atoms with Gasteiger partial charge in [0.1, 0.15) is 11.5 Å². The molecule has 0 saturated heterocycles. The minimum Gasteiger partial charge on any atom is -0.464 e. The van der Waals surface area contributed by atoms with Gasteiger partial charge in [-0.15, -0.1) is 11.3 Å². The largest absolute Gasteiger partial charge is 0.464 e. The zero-order chi connectivity index (χ0) is 15.5. The highest BCUT2D eigenvalue weighted by molar-refractivity contribution is 7.17. The van der Waals surface area contributed by atoms with Crippen molar-refractivity contribution in [1.82, 2.24) is 10.6 Å². The number of hydrogen-bond donors (Lipinski definition) is 2. The minimum absolute atomic E-state index is 0.159. The van der Waals surface area contributed by atoms with Crippen molar-refractivity contribution in [1.29, 1.82) is 0 Å². The molecular formula is C17H18N2O2S. The van der Waals surface area contributed by atoms with Crippen LogP contribution in [0, 0.1) is 6.92 Å². The molecule has 1 unspecified atom stereocenters. The van der Waals surface area contributed by atoms with E-state index in [1.54, 1.807) is 11.3 Å². The van der Waals surface area contributed by atoms with E-state index < -0.39 is 0 Å². The highest BCUT2D eigenvalue weighted by atomic mass is 32.1. The number of nitrogens with one attached hydrogen (secondary N) is 2. The summed E-state index contributed by atoms with van der Waals surface area (Å²) in [4.78, 5) is 12.0. The van der Waals surface area contributed by atoms with Crippen LogP contribution in [0.25, 0.3) is 10.1 Å². The van der Waals surface area contributed by atoms with E-state index in [1.807, 2.05) is 38.1 Å². The molecule has 0 fully saturated rings. The van der Waals surface area contributed by atoms with Gasteiger partial charge in [0.15, 0.2) is 0 Å². The molecule has 0 saturated carbocycles. The van der Waals surface area contributed by atoms with Gasteiger partial charge >= 0.3 is 6.03 Å². The fourth-order valence-electron chi connectivity index (χ4n) is 2.35. The molecule has 5 heteroatoms. The SMILES string of the molecule is Cc1ccc(C(C)NC(=O)NCc2csc3ccccc23)o1. The van der Waals surface area contributed by atoms with Crippen molar-refractivity contribution in [2.75, 3.05) is 0 Å². The van der Waals surface area contributed by atoms with Crippen LogP contribution in [0.15, 0.2) is 46.2 Å². The molecule has 2 N–H and O–H groups in total. The summed E-state index contributed by atoms with van der Waals surface area (Å²) >= 11 is 1.69. The molecule has 0 aliphatic carbocycles. The molecule has 114 valence electrons. The number of fused-ring (bicyclic) bond motifs is 1. The van der Waals surface area contributed by atoms with E-state index in [4.69, 9.17) is 4.42 Å². The lowest BCUT2D eigenvalue weighted by atomic mass is 10.2. The first-order chi connectivity index (χ1) is 10.6. The number of amides is 2. The van der Waals surface area contributed by atoms with E-state index in [0.29, 0.717) is 6.54 Å². The monoisotopic (exact) mass is 314 g/mol. The summed E-state index contributed by atoms with van der Waals surface area (Å²) in [6.07, 6.45) is 0. The number of thiophene rings is 1. The van der Waals surface area contributed by atoms with Crippen molar-refractivity contribution >= 4 is 27.5 Å². The van der Waals surface area contributed by atoms with Gasteiger partial charge in [0.05, 0.1) is 6.04 Å². The Morgan fingerprint density at radius 1 is 1.27 bits per heavy atom. The Balaban J connectivity index is 1.58. The second kappa shape index (κ2) is 6.23. The summed E-state index contributed by atoms with van der Waals surface area (Å²) in [7, 11) is 0. The van der Waals surface area contributed by atoms with Crippen LogP contribution in [0.1, 0.15) is 30.0 Å². The van der Waals surface area contributed by atoms with Gasteiger partial charge in [-0.2, -0.15) is 0 Å². The molecule has 0 aliphatic heterocycles. The van der Waals surface area contributed by atoms with Crippen LogP contribution in [0.2, 0.25) is 0 Å². The van der Waals surface area contributed by atoms with Crippen LogP contribution < -0.4 is 10.6 Å². The van der Waals surface area contributed by atoms with Gasteiger partial charge in [-0.3, -0.25) is 0 Å².